The Morgan fingerprint density at radius 1 is 1.19 bits per heavy atom. The molecule has 0 bridgehead atoms. The maximum Gasteiger partial charge on any atom is 0.420 e. The second-order valence-corrected chi connectivity index (χ2v) is 5.22. The highest BCUT2D eigenvalue weighted by atomic mass is 79.9. The fraction of sp³-hybridized carbons (Fsp3) is 0.0714. The number of hydrogen-bond acceptors (Lipinski definition) is 4. The molecule has 0 amide bonds. The Hall–Kier alpha value is -2.41. The van der Waals surface area contributed by atoms with Crippen LogP contribution in [-0.2, 0) is 6.54 Å². The summed E-state index contributed by atoms with van der Waals surface area (Å²) in [5, 5.41) is 10.9. The van der Waals surface area contributed by atoms with Gasteiger partial charge in [0, 0.05) is 6.07 Å². The molecule has 3 rings (SSSR count). The predicted octanol–water partition coefficient (Wildman–Crippen LogP) is 3.31. The van der Waals surface area contributed by atoms with E-state index in [2.05, 4.69) is 15.9 Å². The van der Waals surface area contributed by atoms with E-state index in [9.17, 15) is 14.9 Å². The number of oxazole rings is 1. The maximum absolute atomic E-state index is 11.9. The van der Waals surface area contributed by atoms with E-state index in [1.165, 1.54) is 10.6 Å². The van der Waals surface area contributed by atoms with E-state index in [-0.39, 0.29) is 12.2 Å². The Balaban J connectivity index is 2.11. The summed E-state index contributed by atoms with van der Waals surface area (Å²) in [6.45, 7) is 0.193. The second-order valence-electron chi connectivity index (χ2n) is 4.43. The molecule has 0 aliphatic heterocycles. The van der Waals surface area contributed by atoms with Crippen molar-refractivity contribution in [2.24, 2.45) is 0 Å². The second kappa shape index (κ2) is 5.17. The molecule has 0 fully saturated rings. The summed E-state index contributed by atoms with van der Waals surface area (Å²) in [4.78, 5) is 22.4. The molecule has 0 aliphatic carbocycles. The Bertz CT molecular complexity index is 897. The van der Waals surface area contributed by atoms with Crippen molar-refractivity contribution in [3.05, 3.63) is 73.2 Å². The molecule has 0 N–H and O–H groups in total. The summed E-state index contributed by atoms with van der Waals surface area (Å²) < 4.78 is 6.96. The quantitative estimate of drug-likeness (QED) is 0.537. The van der Waals surface area contributed by atoms with E-state index in [1.807, 2.05) is 0 Å². The molecule has 1 aromatic heterocycles. The first-order valence-corrected chi connectivity index (χ1v) is 6.87. The highest BCUT2D eigenvalue weighted by Crippen LogP contribution is 2.29. The number of benzene rings is 2. The van der Waals surface area contributed by atoms with Crippen molar-refractivity contribution >= 4 is 32.7 Å². The topological polar surface area (TPSA) is 78.3 Å². The van der Waals surface area contributed by atoms with Gasteiger partial charge in [0.25, 0.3) is 5.69 Å². The van der Waals surface area contributed by atoms with Crippen molar-refractivity contribution in [1.82, 2.24) is 4.57 Å². The van der Waals surface area contributed by atoms with Gasteiger partial charge in [0.05, 0.1) is 17.0 Å². The van der Waals surface area contributed by atoms with Crippen LogP contribution in [0.15, 0.2) is 56.1 Å². The minimum absolute atomic E-state index is 0.0339. The highest BCUT2D eigenvalue weighted by molar-refractivity contribution is 9.10. The van der Waals surface area contributed by atoms with Gasteiger partial charge in [-0.1, -0.05) is 24.3 Å². The number of aromatic nitrogens is 1. The fourth-order valence-corrected chi connectivity index (χ4v) is 2.70. The predicted molar refractivity (Wildman–Crippen MR) is 80.4 cm³/mol. The number of rotatable bonds is 3. The third-order valence-corrected chi connectivity index (χ3v) is 4.07. The van der Waals surface area contributed by atoms with E-state index in [0.717, 1.165) is 0 Å². The van der Waals surface area contributed by atoms with E-state index >= 15 is 0 Å². The fourth-order valence-electron chi connectivity index (χ4n) is 2.16. The van der Waals surface area contributed by atoms with Crippen molar-refractivity contribution < 1.29 is 9.34 Å². The first-order chi connectivity index (χ1) is 10.1. The number of nitro benzene ring substituents is 1. The van der Waals surface area contributed by atoms with Crippen molar-refractivity contribution in [1.29, 1.82) is 0 Å². The summed E-state index contributed by atoms with van der Waals surface area (Å²) in [7, 11) is 0. The summed E-state index contributed by atoms with van der Waals surface area (Å²) in [6.07, 6.45) is 0. The third kappa shape index (κ3) is 2.36. The van der Waals surface area contributed by atoms with Crippen LogP contribution in [0.2, 0.25) is 0 Å². The van der Waals surface area contributed by atoms with Crippen LogP contribution >= 0.6 is 15.9 Å². The Morgan fingerprint density at radius 2 is 1.95 bits per heavy atom. The zero-order chi connectivity index (χ0) is 15.0. The summed E-state index contributed by atoms with van der Waals surface area (Å²) in [5.41, 5.74) is 1.75. The van der Waals surface area contributed by atoms with Crippen LogP contribution in [0.5, 0.6) is 0 Å². The van der Waals surface area contributed by atoms with Gasteiger partial charge in [0.2, 0.25) is 0 Å². The van der Waals surface area contributed by atoms with Gasteiger partial charge in [0.15, 0.2) is 5.58 Å². The summed E-state index contributed by atoms with van der Waals surface area (Å²) in [6, 6.07) is 11.8. The lowest BCUT2D eigenvalue weighted by atomic mass is 10.2. The number of para-hydroxylation sites is 2. The van der Waals surface area contributed by atoms with Crippen LogP contribution < -0.4 is 5.76 Å². The molecule has 7 heteroatoms. The average Bonchev–Trinajstić information content (AvgIpc) is 2.77. The van der Waals surface area contributed by atoms with E-state index in [0.29, 0.717) is 21.1 Å². The van der Waals surface area contributed by atoms with Crippen LogP contribution in [0.1, 0.15) is 5.56 Å². The van der Waals surface area contributed by atoms with Crippen molar-refractivity contribution in [3.8, 4) is 0 Å². The first-order valence-electron chi connectivity index (χ1n) is 6.08. The van der Waals surface area contributed by atoms with E-state index in [1.54, 1.807) is 36.4 Å². The van der Waals surface area contributed by atoms with Gasteiger partial charge in [-0.3, -0.25) is 14.7 Å². The smallest absolute Gasteiger partial charge is 0.408 e. The van der Waals surface area contributed by atoms with Crippen LogP contribution in [0.25, 0.3) is 11.1 Å². The molecule has 6 nitrogen and oxygen atoms in total. The SMILES string of the molecule is O=c1oc2ccccc2n1Cc1cccc([N+](=O)[O-])c1Br. The lowest BCUT2D eigenvalue weighted by Crippen LogP contribution is -2.15. The molecular formula is C14H9BrN2O4. The Kier molecular flexibility index (Phi) is 3.34. The van der Waals surface area contributed by atoms with Crippen molar-refractivity contribution in [3.63, 3.8) is 0 Å². The standard InChI is InChI=1S/C14H9BrN2O4/c15-13-9(4-3-6-11(13)17(19)20)8-16-10-5-1-2-7-12(10)21-14(16)18/h1-7H,8H2. The molecule has 1 heterocycles. The minimum atomic E-state index is -0.491. The summed E-state index contributed by atoms with van der Waals surface area (Å²) in [5.74, 6) is -0.491. The minimum Gasteiger partial charge on any atom is -0.408 e. The largest absolute Gasteiger partial charge is 0.420 e. The number of nitro groups is 1. The Morgan fingerprint density at radius 3 is 2.71 bits per heavy atom. The lowest BCUT2D eigenvalue weighted by Gasteiger charge is -2.05. The zero-order valence-corrected chi connectivity index (χ0v) is 12.2. The third-order valence-electron chi connectivity index (χ3n) is 3.16. The van der Waals surface area contributed by atoms with Gasteiger partial charge in [0.1, 0.15) is 4.47 Å². The van der Waals surface area contributed by atoms with Crippen LogP contribution in [-0.4, -0.2) is 9.49 Å². The van der Waals surface area contributed by atoms with Crippen LogP contribution in [0.4, 0.5) is 5.69 Å². The van der Waals surface area contributed by atoms with Crippen molar-refractivity contribution in [2.45, 2.75) is 6.54 Å². The number of nitrogens with zero attached hydrogens (tertiary/aromatic N) is 2. The molecule has 106 valence electrons. The van der Waals surface area contributed by atoms with Crippen LogP contribution in [0, 0.1) is 10.1 Å². The molecule has 3 aromatic rings. The molecule has 0 saturated carbocycles. The number of fused-ring (bicyclic) bond motifs is 1. The van der Waals surface area contributed by atoms with Crippen LogP contribution in [0.3, 0.4) is 0 Å². The number of hydrogen-bond donors (Lipinski definition) is 0. The molecular weight excluding hydrogens is 340 g/mol. The summed E-state index contributed by atoms with van der Waals surface area (Å²) >= 11 is 3.23. The molecule has 0 unspecified atom stereocenters. The van der Waals surface area contributed by atoms with Crippen molar-refractivity contribution in [2.75, 3.05) is 0 Å². The van der Waals surface area contributed by atoms with Gasteiger partial charge in [-0.2, -0.15) is 0 Å². The molecule has 2 aromatic carbocycles. The highest BCUT2D eigenvalue weighted by Gasteiger charge is 2.17. The first kappa shape index (κ1) is 13.6. The molecule has 0 radical (unpaired) electrons. The molecule has 0 saturated heterocycles. The zero-order valence-electron chi connectivity index (χ0n) is 10.7. The monoisotopic (exact) mass is 348 g/mol. The molecule has 21 heavy (non-hydrogen) atoms. The molecule has 0 aliphatic rings. The average molecular weight is 349 g/mol. The Labute approximate surface area is 126 Å². The van der Waals surface area contributed by atoms with Gasteiger partial charge in [-0.05, 0) is 33.6 Å². The number of halogens is 1. The lowest BCUT2D eigenvalue weighted by molar-refractivity contribution is -0.385. The van der Waals surface area contributed by atoms with Gasteiger partial charge >= 0.3 is 5.76 Å². The van der Waals surface area contributed by atoms with E-state index in [4.69, 9.17) is 4.42 Å². The van der Waals surface area contributed by atoms with Gasteiger partial charge in [-0.25, -0.2) is 4.79 Å². The normalized spacial score (nSPS) is 10.9. The van der Waals surface area contributed by atoms with E-state index < -0.39 is 10.7 Å². The maximum atomic E-state index is 11.9. The van der Waals surface area contributed by atoms with Gasteiger partial charge in [-0.15, -0.1) is 0 Å². The molecule has 0 spiro atoms. The molecule has 0 atom stereocenters. The van der Waals surface area contributed by atoms with Gasteiger partial charge < -0.3 is 4.42 Å².